The Morgan fingerprint density at radius 3 is 2.62 bits per heavy atom. The molecule has 0 heterocycles. The molecular formula is C13H9Br2N. The lowest BCUT2D eigenvalue weighted by Gasteiger charge is -2.08. The summed E-state index contributed by atoms with van der Waals surface area (Å²) in [5.74, 6) is 0. The molecule has 0 unspecified atom stereocenters. The van der Waals surface area contributed by atoms with E-state index in [0.717, 1.165) is 21.1 Å². The molecule has 2 aromatic rings. The zero-order chi connectivity index (χ0) is 11.3. The summed E-state index contributed by atoms with van der Waals surface area (Å²) in [6.07, 6.45) is 0.934. The first-order valence-corrected chi connectivity index (χ1v) is 6.61. The van der Waals surface area contributed by atoms with Gasteiger partial charge in [-0.2, -0.15) is 0 Å². The summed E-state index contributed by atoms with van der Waals surface area (Å²) >= 11 is 7.03. The van der Waals surface area contributed by atoms with Gasteiger partial charge in [-0.1, -0.05) is 24.3 Å². The molecule has 0 spiro atoms. The van der Waals surface area contributed by atoms with E-state index in [1.807, 2.05) is 0 Å². The minimum absolute atomic E-state index is 0.848. The Morgan fingerprint density at radius 2 is 1.81 bits per heavy atom. The standard InChI is InChI=1S/C13H9Br2N/c14-11-6-9-8-4-2-1-3-7(8)5-10(9)13(16)12(11)15/h1-4,6H,5,16H2. The largest absolute Gasteiger partial charge is 0.398 e. The van der Waals surface area contributed by atoms with Gasteiger partial charge in [-0.25, -0.2) is 0 Å². The highest BCUT2D eigenvalue weighted by Crippen LogP contribution is 2.44. The van der Waals surface area contributed by atoms with Crippen molar-refractivity contribution in [1.82, 2.24) is 0 Å². The van der Waals surface area contributed by atoms with Gasteiger partial charge in [0, 0.05) is 10.9 Å². The predicted octanol–water partition coefficient (Wildman–Crippen LogP) is 4.37. The second-order valence-corrected chi connectivity index (χ2v) is 5.59. The number of halogens is 2. The zero-order valence-electron chi connectivity index (χ0n) is 8.43. The van der Waals surface area contributed by atoms with Crippen LogP contribution in [0.4, 0.5) is 5.69 Å². The minimum atomic E-state index is 0.848. The average Bonchev–Trinajstić information content (AvgIpc) is 2.65. The van der Waals surface area contributed by atoms with Crippen LogP contribution in [0.1, 0.15) is 11.1 Å². The lowest BCUT2D eigenvalue weighted by atomic mass is 10.1. The number of rotatable bonds is 0. The molecule has 2 N–H and O–H groups in total. The monoisotopic (exact) mass is 337 g/mol. The number of fused-ring (bicyclic) bond motifs is 3. The van der Waals surface area contributed by atoms with Crippen LogP contribution in [0.2, 0.25) is 0 Å². The first kappa shape index (κ1) is 10.4. The van der Waals surface area contributed by atoms with Crippen molar-refractivity contribution in [1.29, 1.82) is 0 Å². The van der Waals surface area contributed by atoms with Crippen LogP contribution in [-0.4, -0.2) is 0 Å². The second-order valence-electron chi connectivity index (χ2n) is 3.95. The van der Waals surface area contributed by atoms with Crippen molar-refractivity contribution in [3.05, 3.63) is 50.4 Å². The molecule has 0 bridgehead atoms. The molecule has 1 aliphatic rings. The molecule has 0 radical (unpaired) electrons. The molecule has 0 atom stereocenters. The molecule has 0 saturated heterocycles. The van der Waals surface area contributed by atoms with Crippen LogP contribution in [0.5, 0.6) is 0 Å². The van der Waals surface area contributed by atoms with E-state index in [1.54, 1.807) is 0 Å². The fraction of sp³-hybridized carbons (Fsp3) is 0.0769. The molecule has 0 aromatic heterocycles. The van der Waals surface area contributed by atoms with E-state index in [0.29, 0.717) is 0 Å². The highest BCUT2D eigenvalue weighted by atomic mass is 79.9. The Kier molecular flexibility index (Phi) is 2.33. The summed E-state index contributed by atoms with van der Waals surface area (Å²) in [5, 5.41) is 0. The van der Waals surface area contributed by atoms with E-state index in [1.165, 1.54) is 22.3 Å². The summed E-state index contributed by atoms with van der Waals surface area (Å²) in [6, 6.07) is 10.6. The third kappa shape index (κ3) is 1.35. The Bertz CT molecular complexity index is 591. The number of hydrogen-bond donors (Lipinski definition) is 1. The van der Waals surface area contributed by atoms with Gasteiger partial charge in [0.05, 0.1) is 10.2 Å². The number of benzene rings is 2. The van der Waals surface area contributed by atoms with Crippen LogP contribution in [0.15, 0.2) is 39.3 Å². The summed E-state index contributed by atoms with van der Waals surface area (Å²) in [4.78, 5) is 0. The third-order valence-corrected chi connectivity index (χ3v) is 5.05. The maximum absolute atomic E-state index is 6.14. The summed E-state index contributed by atoms with van der Waals surface area (Å²) < 4.78 is 1.97. The Morgan fingerprint density at radius 1 is 1.06 bits per heavy atom. The van der Waals surface area contributed by atoms with Crippen molar-refractivity contribution in [3.8, 4) is 11.1 Å². The lowest BCUT2D eigenvalue weighted by Crippen LogP contribution is -1.94. The van der Waals surface area contributed by atoms with Crippen LogP contribution < -0.4 is 5.73 Å². The molecule has 0 aliphatic heterocycles. The van der Waals surface area contributed by atoms with Gasteiger partial charge in [0.1, 0.15) is 0 Å². The molecule has 16 heavy (non-hydrogen) atoms. The van der Waals surface area contributed by atoms with Gasteiger partial charge in [-0.05, 0) is 60.2 Å². The number of hydrogen-bond acceptors (Lipinski definition) is 1. The summed E-state index contributed by atoms with van der Waals surface area (Å²) in [7, 11) is 0. The summed E-state index contributed by atoms with van der Waals surface area (Å²) in [5.41, 5.74) is 12.1. The maximum Gasteiger partial charge on any atom is 0.0550 e. The van der Waals surface area contributed by atoms with Crippen LogP contribution >= 0.6 is 31.9 Å². The topological polar surface area (TPSA) is 26.0 Å². The average molecular weight is 339 g/mol. The highest BCUT2D eigenvalue weighted by molar-refractivity contribution is 9.13. The molecule has 0 saturated carbocycles. The molecule has 3 heteroatoms. The molecule has 1 aliphatic carbocycles. The number of anilines is 1. The van der Waals surface area contributed by atoms with Gasteiger partial charge < -0.3 is 5.73 Å². The maximum atomic E-state index is 6.14. The Labute approximate surface area is 111 Å². The van der Waals surface area contributed by atoms with E-state index in [4.69, 9.17) is 5.73 Å². The van der Waals surface area contributed by atoms with Crippen molar-refractivity contribution in [2.24, 2.45) is 0 Å². The van der Waals surface area contributed by atoms with Gasteiger partial charge in [-0.3, -0.25) is 0 Å². The first-order chi connectivity index (χ1) is 7.68. The zero-order valence-corrected chi connectivity index (χ0v) is 11.6. The molecule has 2 aromatic carbocycles. The fourth-order valence-electron chi connectivity index (χ4n) is 2.24. The van der Waals surface area contributed by atoms with Gasteiger partial charge in [0.2, 0.25) is 0 Å². The van der Waals surface area contributed by atoms with E-state index in [2.05, 4.69) is 62.2 Å². The van der Waals surface area contributed by atoms with E-state index in [-0.39, 0.29) is 0 Å². The quantitative estimate of drug-likeness (QED) is 0.605. The van der Waals surface area contributed by atoms with Crippen molar-refractivity contribution < 1.29 is 0 Å². The number of nitrogens with two attached hydrogens (primary N) is 1. The molecule has 0 amide bonds. The Hall–Kier alpha value is -0.800. The van der Waals surface area contributed by atoms with Crippen LogP contribution in [0.3, 0.4) is 0 Å². The van der Waals surface area contributed by atoms with Crippen molar-refractivity contribution in [2.45, 2.75) is 6.42 Å². The SMILES string of the molecule is Nc1c(Br)c(Br)cc2c1Cc1ccccc1-2. The van der Waals surface area contributed by atoms with Gasteiger partial charge in [0.25, 0.3) is 0 Å². The van der Waals surface area contributed by atoms with E-state index < -0.39 is 0 Å². The fourth-order valence-corrected chi connectivity index (χ4v) is 3.04. The van der Waals surface area contributed by atoms with E-state index in [9.17, 15) is 0 Å². The molecular weight excluding hydrogens is 330 g/mol. The smallest absolute Gasteiger partial charge is 0.0550 e. The van der Waals surface area contributed by atoms with Crippen molar-refractivity contribution in [2.75, 3.05) is 5.73 Å². The van der Waals surface area contributed by atoms with Crippen molar-refractivity contribution >= 4 is 37.5 Å². The predicted molar refractivity (Wildman–Crippen MR) is 74.5 cm³/mol. The normalized spacial score (nSPS) is 12.4. The van der Waals surface area contributed by atoms with E-state index >= 15 is 0 Å². The molecule has 1 nitrogen and oxygen atoms in total. The summed E-state index contributed by atoms with van der Waals surface area (Å²) in [6.45, 7) is 0. The van der Waals surface area contributed by atoms with Crippen LogP contribution in [0.25, 0.3) is 11.1 Å². The Balaban J connectivity index is 2.34. The molecule has 0 fully saturated rings. The molecule has 3 rings (SSSR count). The second kappa shape index (κ2) is 3.60. The minimum Gasteiger partial charge on any atom is -0.398 e. The van der Waals surface area contributed by atoms with Crippen molar-refractivity contribution in [3.63, 3.8) is 0 Å². The van der Waals surface area contributed by atoms with Crippen LogP contribution in [-0.2, 0) is 6.42 Å². The van der Waals surface area contributed by atoms with Gasteiger partial charge >= 0.3 is 0 Å². The lowest BCUT2D eigenvalue weighted by molar-refractivity contribution is 1.26. The highest BCUT2D eigenvalue weighted by Gasteiger charge is 2.22. The molecule has 80 valence electrons. The number of nitrogen functional groups attached to an aromatic ring is 1. The van der Waals surface area contributed by atoms with Crippen LogP contribution in [0, 0.1) is 0 Å². The van der Waals surface area contributed by atoms with Gasteiger partial charge in [-0.15, -0.1) is 0 Å². The van der Waals surface area contributed by atoms with Gasteiger partial charge in [0.15, 0.2) is 0 Å². The third-order valence-electron chi connectivity index (χ3n) is 3.04. The first-order valence-electron chi connectivity index (χ1n) is 5.03.